The molecule has 3 rings (SSSR count). The molecule has 2 aromatic carbocycles. The van der Waals surface area contributed by atoms with Crippen molar-refractivity contribution in [3.63, 3.8) is 0 Å². The fraction of sp³-hybridized carbons (Fsp3) is 0.348. The molecule has 1 aliphatic heterocycles. The van der Waals surface area contributed by atoms with Crippen LogP contribution < -0.4 is 15.0 Å². The van der Waals surface area contributed by atoms with Gasteiger partial charge in [0.25, 0.3) is 0 Å². The van der Waals surface area contributed by atoms with Crippen LogP contribution in [0.1, 0.15) is 37.6 Å². The molecular weight excluding hydrogens is 416 g/mol. The first kappa shape index (κ1) is 22.7. The highest BCUT2D eigenvalue weighted by Gasteiger charge is 2.35. The monoisotopic (exact) mass is 442 g/mol. The zero-order valence-electron chi connectivity index (χ0n) is 17.6. The van der Waals surface area contributed by atoms with Crippen LogP contribution in [-0.2, 0) is 19.1 Å². The lowest BCUT2D eigenvalue weighted by Crippen LogP contribution is -2.28. The lowest BCUT2D eigenvalue weighted by atomic mass is 10.1. The number of amides is 2. The highest BCUT2D eigenvalue weighted by atomic mass is 32.2. The second-order valence-corrected chi connectivity index (χ2v) is 7.88. The maximum Gasteiger partial charge on any atom is 0.306 e. The lowest BCUT2D eigenvalue weighted by Gasteiger charge is -2.26. The van der Waals surface area contributed by atoms with Crippen molar-refractivity contribution in [3.8, 4) is 5.75 Å². The first-order valence-corrected chi connectivity index (χ1v) is 11.3. The number of carbonyl (C=O) groups is 3. The van der Waals surface area contributed by atoms with Crippen molar-refractivity contribution in [1.29, 1.82) is 0 Å². The Hall–Kier alpha value is -3.00. The number of nitrogens with one attached hydrogen (secondary N) is 1. The van der Waals surface area contributed by atoms with Crippen LogP contribution >= 0.6 is 11.8 Å². The fourth-order valence-corrected chi connectivity index (χ4v) is 4.47. The molecule has 0 bridgehead atoms. The Bertz CT molecular complexity index is 949. The normalized spacial score (nSPS) is 15.6. The molecular formula is C23H26N2O5S. The molecule has 2 aromatic rings. The third kappa shape index (κ3) is 5.79. The number of para-hydroxylation sites is 2. The van der Waals surface area contributed by atoms with Gasteiger partial charge in [-0.15, -0.1) is 11.8 Å². The van der Waals surface area contributed by atoms with Gasteiger partial charge in [0.05, 0.1) is 31.1 Å². The molecule has 1 saturated heterocycles. The molecule has 2 amide bonds. The summed E-state index contributed by atoms with van der Waals surface area (Å²) in [4.78, 5) is 38.1. The minimum Gasteiger partial charge on any atom is -0.492 e. The molecule has 8 heteroatoms. The van der Waals surface area contributed by atoms with Gasteiger partial charge in [0, 0.05) is 12.1 Å². The number of nitrogens with zero attached hydrogens (tertiary/aromatic N) is 1. The number of hydrogen-bond donors (Lipinski definition) is 1. The maximum atomic E-state index is 12.7. The molecule has 164 valence electrons. The Morgan fingerprint density at radius 1 is 1.10 bits per heavy atom. The molecule has 0 aliphatic carbocycles. The van der Waals surface area contributed by atoms with Crippen molar-refractivity contribution < 1.29 is 23.9 Å². The van der Waals surface area contributed by atoms with Crippen molar-refractivity contribution in [2.75, 3.05) is 29.2 Å². The summed E-state index contributed by atoms with van der Waals surface area (Å²) in [6, 6.07) is 14.9. The quantitative estimate of drug-likeness (QED) is 0.588. The van der Waals surface area contributed by atoms with Crippen LogP contribution in [0.2, 0.25) is 0 Å². The van der Waals surface area contributed by atoms with Crippen molar-refractivity contribution in [1.82, 2.24) is 0 Å². The summed E-state index contributed by atoms with van der Waals surface area (Å²) >= 11 is 1.53. The molecule has 1 aliphatic rings. The van der Waals surface area contributed by atoms with E-state index in [1.807, 2.05) is 49.4 Å². The molecule has 1 heterocycles. The number of benzene rings is 2. The molecule has 1 atom stereocenters. The maximum absolute atomic E-state index is 12.7. The van der Waals surface area contributed by atoms with E-state index in [-0.39, 0.29) is 30.0 Å². The molecule has 0 radical (unpaired) electrons. The number of ether oxygens (including phenoxy) is 2. The molecule has 31 heavy (non-hydrogen) atoms. The predicted octanol–water partition coefficient (Wildman–Crippen LogP) is 4.15. The summed E-state index contributed by atoms with van der Waals surface area (Å²) in [6.07, 6.45) is 0.0852. The minimum absolute atomic E-state index is 0.00558. The highest BCUT2D eigenvalue weighted by Crippen LogP contribution is 2.45. The van der Waals surface area contributed by atoms with E-state index in [4.69, 9.17) is 9.47 Å². The van der Waals surface area contributed by atoms with E-state index in [2.05, 4.69) is 5.32 Å². The van der Waals surface area contributed by atoms with Crippen LogP contribution in [-0.4, -0.2) is 36.8 Å². The fourth-order valence-electron chi connectivity index (χ4n) is 3.31. The molecule has 1 fully saturated rings. The molecule has 0 spiro atoms. The van der Waals surface area contributed by atoms with Crippen molar-refractivity contribution in [2.24, 2.45) is 0 Å². The predicted molar refractivity (Wildman–Crippen MR) is 121 cm³/mol. The van der Waals surface area contributed by atoms with E-state index in [1.54, 1.807) is 17.9 Å². The SMILES string of the molecule is CCOC(=O)CCC(=O)Nc1cccc(C2SCC(=O)N2c2ccccc2OCC)c1. The largest absolute Gasteiger partial charge is 0.492 e. The molecule has 0 saturated carbocycles. The Labute approximate surface area is 186 Å². The van der Waals surface area contributed by atoms with Crippen LogP contribution in [0.5, 0.6) is 5.75 Å². The van der Waals surface area contributed by atoms with Crippen LogP contribution in [0.3, 0.4) is 0 Å². The van der Waals surface area contributed by atoms with Crippen LogP contribution in [0.4, 0.5) is 11.4 Å². The van der Waals surface area contributed by atoms with Crippen LogP contribution in [0, 0.1) is 0 Å². The average Bonchev–Trinajstić information content (AvgIpc) is 3.15. The summed E-state index contributed by atoms with van der Waals surface area (Å²) in [6.45, 7) is 4.43. The minimum atomic E-state index is -0.393. The molecule has 1 unspecified atom stereocenters. The van der Waals surface area contributed by atoms with Gasteiger partial charge in [-0.25, -0.2) is 0 Å². The number of hydrogen-bond acceptors (Lipinski definition) is 6. The second kappa shape index (κ2) is 10.9. The van der Waals surface area contributed by atoms with Gasteiger partial charge in [-0.3, -0.25) is 19.3 Å². The number of carbonyl (C=O) groups excluding carboxylic acids is 3. The van der Waals surface area contributed by atoms with E-state index in [0.717, 1.165) is 11.3 Å². The Morgan fingerprint density at radius 3 is 2.68 bits per heavy atom. The topological polar surface area (TPSA) is 84.9 Å². The number of rotatable bonds is 9. The van der Waals surface area contributed by atoms with E-state index < -0.39 is 5.97 Å². The highest BCUT2D eigenvalue weighted by molar-refractivity contribution is 8.00. The Morgan fingerprint density at radius 2 is 1.90 bits per heavy atom. The third-order valence-electron chi connectivity index (χ3n) is 4.61. The second-order valence-electron chi connectivity index (χ2n) is 6.81. The molecule has 0 aromatic heterocycles. The van der Waals surface area contributed by atoms with E-state index in [1.165, 1.54) is 11.8 Å². The zero-order valence-corrected chi connectivity index (χ0v) is 18.4. The third-order valence-corrected chi connectivity index (χ3v) is 5.82. The number of thioether (sulfide) groups is 1. The van der Waals surface area contributed by atoms with E-state index in [0.29, 0.717) is 30.4 Å². The van der Waals surface area contributed by atoms with Crippen LogP contribution in [0.25, 0.3) is 0 Å². The standard InChI is InChI=1S/C23H26N2O5S/c1-3-29-19-11-6-5-10-18(19)25-21(27)15-31-23(25)16-8-7-9-17(14-16)24-20(26)12-13-22(28)30-4-2/h5-11,14,23H,3-4,12-13,15H2,1-2H3,(H,24,26). The van der Waals surface area contributed by atoms with Crippen molar-refractivity contribution in [3.05, 3.63) is 54.1 Å². The summed E-state index contributed by atoms with van der Waals surface area (Å²) in [5.74, 6) is 0.372. The van der Waals surface area contributed by atoms with Crippen LogP contribution in [0.15, 0.2) is 48.5 Å². The van der Waals surface area contributed by atoms with E-state index in [9.17, 15) is 14.4 Å². The van der Waals surface area contributed by atoms with Gasteiger partial charge in [0.2, 0.25) is 11.8 Å². The van der Waals surface area contributed by atoms with Gasteiger partial charge < -0.3 is 14.8 Å². The Balaban J connectivity index is 1.76. The van der Waals surface area contributed by atoms with E-state index >= 15 is 0 Å². The van der Waals surface area contributed by atoms with Gasteiger partial charge in [0.15, 0.2) is 0 Å². The van der Waals surface area contributed by atoms with Gasteiger partial charge in [-0.1, -0.05) is 24.3 Å². The number of anilines is 2. The first-order chi connectivity index (χ1) is 15.0. The molecule has 7 nitrogen and oxygen atoms in total. The van der Waals surface area contributed by atoms with Gasteiger partial charge >= 0.3 is 5.97 Å². The summed E-state index contributed by atoms with van der Waals surface area (Å²) in [7, 11) is 0. The lowest BCUT2D eigenvalue weighted by molar-refractivity contribution is -0.144. The number of esters is 1. The van der Waals surface area contributed by atoms with Gasteiger partial charge in [-0.05, 0) is 43.7 Å². The smallest absolute Gasteiger partial charge is 0.306 e. The summed E-state index contributed by atoms with van der Waals surface area (Å²) in [5.41, 5.74) is 2.24. The molecule has 1 N–H and O–H groups in total. The van der Waals surface area contributed by atoms with Crippen molar-refractivity contribution >= 4 is 40.9 Å². The first-order valence-electron chi connectivity index (χ1n) is 10.2. The zero-order chi connectivity index (χ0) is 22.2. The van der Waals surface area contributed by atoms with Gasteiger partial charge in [-0.2, -0.15) is 0 Å². The average molecular weight is 443 g/mol. The van der Waals surface area contributed by atoms with Crippen molar-refractivity contribution in [2.45, 2.75) is 32.1 Å². The van der Waals surface area contributed by atoms with Gasteiger partial charge in [0.1, 0.15) is 11.1 Å². The Kier molecular flexibility index (Phi) is 7.94. The summed E-state index contributed by atoms with van der Waals surface area (Å²) < 4.78 is 10.6. The summed E-state index contributed by atoms with van der Waals surface area (Å²) in [5, 5.41) is 2.59.